The maximum atomic E-state index is 12.1. The molecule has 0 saturated carbocycles. The Kier molecular flexibility index (Phi) is 5.04. The minimum absolute atomic E-state index is 0.0896. The molecule has 1 amide bonds. The minimum atomic E-state index is -0.279. The van der Waals surface area contributed by atoms with Crippen LogP contribution in [0.25, 0.3) is 10.2 Å². The standard InChI is InChI=1S/C18H18N2O4S/c1-11-5-4-6-12(9-11)24-10-15(21)19-18-20-16-13(22-2)7-8-14(23-3)17(16)25-18/h4-9H,10H2,1-3H3,(H,19,20,21). The monoisotopic (exact) mass is 358 g/mol. The number of thiazole rings is 1. The lowest BCUT2D eigenvalue weighted by Gasteiger charge is -2.06. The van der Waals surface area contributed by atoms with Crippen LogP contribution in [0.3, 0.4) is 0 Å². The predicted molar refractivity (Wildman–Crippen MR) is 98.0 cm³/mol. The predicted octanol–water partition coefficient (Wildman–Crippen LogP) is 3.64. The summed E-state index contributed by atoms with van der Waals surface area (Å²) in [6.45, 7) is 1.88. The van der Waals surface area contributed by atoms with Crippen molar-refractivity contribution in [1.82, 2.24) is 4.98 Å². The van der Waals surface area contributed by atoms with Gasteiger partial charge in [0.05, 0.1) is 14.2 Å². The van der Waals surface area contributed by atoms with Crippen LogP contribution in [-0.4, -0.2) is 31.7 Å². The molecule has 0 radical (unpaired) electrons. The molecule has 0 unspecified atom stereocenters. The molecule has 0 saturated heterocycles. The van der Waals surface area contributed by atoms with Crippen LogP contribution in [0.4, 0.5) is 5.13 Å². The van der Waals surface area contributed by atoms with Crippen molar-refractivity contribution in [2.24, 2.45) is 0 Å². The Morgan fingerprint density at radius 3 is 2.64 bits per heavy atom. The molecular formula is C18H18N2O4S. The van der Waals surface area contributed by atoms with Gasteiger partial charge in [-0.05, 0) is 36.8 Å². The van der Waals surface area contributed by atoms with E-state index in [1.807, 2.05) is 37.3 Å². The minimum Gasteiger partial charge on any atom is -0.495 e. The lowest BCUT2D eigenvalue weighted by molar-refractivity contribution is -0.118. The molecule has 1 aromatic heterocycles. The number of aryl methyl sites for hydroxylation is 1. The topological polar surface area (TPSA) is 69.7 Å². The van der Waals surface area contributed by atoms with Gasteiger partial charge in [-0.2, -0.15) is 0 Å². The van der Waals surface area contributed by atoms with Gasteiger partial charge in [-0.25, -0.2) is 4.98 Å². The summed E-state index contributed by atoms with van der Waals surface area (Å²) in [5.41, 5.74) is 1.73. The maximum absolute atomic E-state index is 12.1. The number of hydrogen-bond donors (Lipinski definition) is 1. The number of aromatic nitrogens is 1. The highest BCUT2D eigenvalue weighted by molar-refractivity contribution is 7.22. The van der Waals surface area contributed by atoms with Gasteiger partial charge in [0, 0.05) is 0 Å². The third kappa shape index (κ3) is 3.83. The van der Waals surface area contributed by atoms with E-state index < -0.39 is 0 Å². The van der Waals surface area contributed by atoms with Crippen molar-refractivity contribution < 1.29 is 19.0 Å². The number of carbonyl (C=O) groups is 1. The molecule has 3 rings (SSSR count). The van der Waals surface area contributed by atoms with Crippen LogP contribution >= 0.6 is 11.3 Å². The molecule has 0 aliphatic carbocycles. The fourth-order valence-corrected chi connectivity index (χ4v) is 3.34. The smallest absolute Gasteiger partial charge is 0.264 e. The Bertz CT molecular complexity index is 866. The highest BCUT2D eigenvalue weighted by Crippen LogP contribution is 2.38. The van der Waals surface area contributed by atoms with Crippen LogP contribution in [0.5, 0.6) is 17.2 Å². The molecule has 25 heavy (non-hydrogen) atoms. The summed E-state index contributed by atoms with van der Waals surface area (Å²) in [5.74, 6) is 1.69. The average Bonchev–Trinajstić information content (AvgIpc) is 3.02. The molecule has 0 aliphatic heterocycles. The van der Waals surface area contributed by atoms with Gasteiger partial charge in [0.15, 0.2) is 11.7 Å². The van der Waals surface area contributed by atoms with Gasteiger partial charge in [-0.15, -0.1) is 0 Å². The molecule has 6 nitrogen and oxygen atoms in total. The second-order valence-electron chi connectivity index (χ2n) is 5.32. The molecule has 0 fully saturated rings. The Morgan fingerprint density at radius 2 is 1.92 bits per heavy atom. The van der Waals surface area contributed by atoms with Crippen LogP contribution in [-0.2, 0) is 4.79 Å². The largest absolute Gasteiger partial charge is 0.495 e. The van der Waals surface area contributed by atoms with Crippen LogP contribution < -0.4 is 19.5 Å². The molecule has 3 aromatic rings. The molecular weight excluding hydrogens is 340 g/mol. The number of fused-ring (bicyclic) bond motifs is 1. The molecule has 130 valence electrons. The fraction of sp³-hybridized carbons (Fsp3) is 0.222. The highest BCUT2D eigenvalue weighted by Gasteiger charge is 2.15. The molecule has 0 atom stereocenters. The SMILES string of the molecule is COc1ccc(OC)c2sc(NC(=O)COc3cccc(C)c3)nc12. The number of rotatable bonds is 6. The third-order valence-corrected chi connectivity index (χ3v) is 4.50. The lowest BCUT2D eigenvalue weighted by atomic mass is 10.2. The van der Waals surface area contributed by atoms with E-state index in [4.69, 9.17) is 14.2 Å². The van der Waals surface area contributed by atoms with Gasteiger partial charge >= 0.3 is 0 Å². The van der Waals surface area contributed by atoms with E-state index in [2.05, 4.69) is 10.3 Å². The Labute approximate surface area is 149 Å². The molecule has 7 heteroatoms. The second-order valence-corrected chi connectivity index (χ2v) is 6.32. The van der Waals surface area contributed by atoms with E-state index in [0.717, 1.165) is 10.3 Å². The van der Waals surface area contributed by atoms with Crippen LogP contribution in [0.2, 0.25) is 0 Å². The first-order chi connectivity index (χ1) is 12.1. The summed E-state index contributed by atoms with van der Waals surface area (Å²) in [6, 6.07) is 11.1. The van der Waals surface area contributed by atoms with E-state index in [0.29, 0.717) is 27.9 Å². The molecule has 0 aliphatic rings. The van der Waals surface area contributed by atoms with Crippen molar-refractivity contribution in [2.75, 3.05) is 26.1 Å². The quantitative estimate of drug-likeness (QED) is 0.728. The lowest BCUT2D eigenvalue weighted by Crippen LogP contribution is -2.20. The number of methoxy groups -OCH3 is 2. The number of hydrogen-bond acceptors (Lipinski definition) is 6. The van der Waals surface area contributed by atoms with Crippen molar-refractivity contribution in [3.05, 3.63) is 42.0 Å². The van der Waals surface area contributed by atoms with E-state index in [1.54, 1.807) is 20.3 Å². The first kappa shape index (κ1) is 17.0. The number of amides is 1. The molecule has 0 bridgehead atoms. The Morgan fingerprint density at radius 1 is 1.16 bits per heavy atom. The average molecular weight is 358 g/mol. The summed E-state index contributed by atoms with van der Waals surface area (Å²) in [4.78, 5) is 16.6. The third-order valence-electron chi connectivity index (χ3n) is 3.52. The number of carbonyl (C=O) groups excluding carboxylic acids is 1. The number of anilines is 1. The van der Waals surface area contributed by atoms with Gasteiger partial charge in [0.25, 0.3) is 5.91 Å². The zero-order chi connectivity index (χ0) is 17.8. The highest BCUT2D eigenvalue weighted by atomic mass is 32.1. The van der Waals surface area contributed by atoms with Crippen LogP contribution in [0.1, 0.15) is 5.56 Å². The van der Waals surface area contributed by atoms with Gasteiger partial charge in [0.1, 0.15) is 27.5 Å². The number of benzene rings is 2. The molecule has 2 aromatic carbocycles. The molecule has 1 heterocycles. The van der Waals surface area contributed by atoms with E-state index in [1.165, 1.54) is 11.3 Å². The van der Waals surface area contributed by atoms with Crippen molar-refractivity contribution >= 4 is 32.6 Å². The van der Waals surface area contributed by atoms with Crippen molar-refractivity contribution in [3.63, 3.8) is 0 Å². The summed E-state index contributed by atoms with van der Waals surface area (Å²) >= 11 is 1.33. The van der Waals surface area contributed by atoms with E-state index in [9.17, 15) is 4.79 Å². The Balaban J connectivity index is 1.73. The molecule has 1 N–H and O–H groups in total. The van der Waals surface area contributed by atoms with E-state index >= 15 is 0 Å². The zero-order valence-corrected chi connectivity index (χ0v) is 15.0. The van der Waals surface area contributed by atoms with E-state index in [-0.39, 0.29) is 12.5 Å². The van der Waals surface area contributed by atoms with Gasteiger partial charge in [0.2, 0.25) is 0 Å². The van der Waals surface area contributed by atoms with Crippen molar-refractivity contribution in [2.45, 2.75) is 6.92 Å². The van der Waals surface area contributed by atoms with Crippen LogP contribution in [0.15, 0.2) is 36.4 Å². The van der Waals surface area contributed by atoms with Crippen molar-refractivity contribution in [1.29, 1.82) is 0 Å². The number of ether oxygens (including phenoxy) is 3. The summed E-state index contributed by atoms with van der Waals surface area (Å²) in [5, 5.41) is 3.22. The number of nitrogens with zero attached hydrogens (tertiary/aromatic N) is 1. The van der Waals surface area contributed by atoms with Gasteiger partial charge in [-0.3, -0.25) is 10.1 Å². The van der Waals surface area contributed by atoms with Gasteiger partial charge < -0.3 is 14.2 Å². The fourth-order valence-electron chi connectivity index (χ4n) is 2.35. The summed E-state index contributed by atoms with van der Waals surface area (Å²) < 4.78 is 17.0. The first-order valence-electron chi connectivity index (χ1n) is 7.61. The van der Waals surface area contributed by atoms with Crippen LogP contribution in [0, 0.1) is 6.92 Å². The number of nitrogens with one attached hydrogen (secondary N) is 1. The van der Waals surface area contributed by atoms with Crippen molar-refractivity contribution in [3.8, 4) is 17.2 Å². The normalized spacial score (nSPS) is 10.5. The summed E-state index contributed by atoms with van der Waals surface area (Å²) in [7, 11) is 3.17. The first-order valence-corrected chi connectivity index (χ1v) is 8.43. The zero-order valence-electron chi connectivity index (χ0n) is 14.2. The van der Waals surface area contributed by atoms with Gasteiger partial charge in [-0.1, -0.05) is 23.5 Å². The Hall–Kier alpha value is -2.80. The molecule has 0 spiro atoms. The second kappa shape index (κ2) is 7.40. The maximum Gasteiger partial charge on any atom is 0.264 e. The summed E-state index contributed by atoms with van der Waals surface area (Å²) in [6.07, 6.45) is 0.